The molecule has 1 fully saturated rings. The highest BCUT2D eigenvalue weighted by molar-refractivity contribution is 14.1. The van der Waals surface area contributed by atoms with Crippen LogP contribution in [0.4, 0.5) is 0 Å². The van der Waals surface area contributed by atoms with Gasteiger partial charge < -0.3 is 15.4 Å². The van der Waals surface area contributed by atoms with Crippen molar-refractivity contribution in [1.29, 1.82) is 0 Å². The van der Waals surface area contributed by atoms with Gasteiger partial charge in [-0.1, -0.05) is 0 Å². The summed E-state index contributed by atoms with van der Waals surface area (Å²) in [7, 11) is 0. The number of amides is 1. The number of carbonyl (C=O) groups excluding carboxylic acids is 1. The number of hydrogen-bond donors (Lipinski definition) is 2. The van der Waals surface area contributed by atoms with E-state index in [1.165, 1.54) is 9.99 Å². The van der Waals surface area contributed by atoms with Gasteiger partial charge >= 0.3 is 0 Å². The van der Waals surface area contributed by atoms with E-state index in [1.54, 1.807) is 0 Å². The minimum absolute atomic E-state index is 0. The fraction of sp³-hybridized carbons (Fsp3) is 0.533. The Balaban J connectivity index is 0.00000220. The first kappa shape index (κ1) is 18.5. The van der Waals surface area contributed by atoms with Crippen LogP contribution < -0.4 is 15.4 Å². The average Bonchev–Trinajstić information content (AvgIpc) is 2.96. The molecule has 0 saturated carbocycles. The molecule has 118 valence electrons. The molecule has 1 aliphatic rings. The third-order valence-corrected chi connectivity index (χ3v) is 4.06. The molecule has 1 atom stereocenters. The summed E-state index contributed by atoms with van der Waals surface area (Å²) in [6, 6.07) is 8.39. The number of nitrogens with one attached hydrogen (secondary N) is 2. The van der Waals surface area contributed by atoms with Crippen molar-refractivity contribution in [2.75, 3.05) is 19.7 Å². The van der Waals surface area contributed by atoms with Crippen LogP contribution in [0.5, 0.6) is 5.75 Å². The van der Waals surface area contributed by atoms with E-state index in [2.05, 4.69) is 33.2 Å². The topological polar surface area (TPSA) is 50.4 Å². The summed E-state index contributed by atoms with van der Waals surface area (Å²) in [4.78, 5) is 11.7. The highest BCUT2D eigenvalue weighted by atomic mass is 127. The summed E-state index contributed by atoms with van der Waals surface area (Å²) in [6.07, 6.45) is 3.65. The lowest BCUT2D eigenvalue weighted by Crippen LogP contribution is -2.37. The molecule has 0 radical (unpaired) electrons. The first-order valence-corrected chi connectivity index (χ1v) is 8.20. The second kappa shape index (κ2) is 10.2. The van der Waals surface area contributed by atoms with Crippen LogP contribution in [0, 0.1) is 3.57 Å². The monoisotopic (exact) mass is 424 g/mol. The van der Waals surface area contributed by atoms with E-state index in [9.17, 15) is 4.79 Å². The third-order valence-electron chi connectivity index (χ3n) is 3.34. The second-order valence-corrected chi connectivity index (χ2v) is 6.25. The smallest absolute Gasteiger partial charge is 0.220 e. The zero-order valence-corrected chi connectivity index (χ0v) is 14.9. The van der Waals surface area contributed by atoms with E-state index in [0.29, 0.717) is 19.1 Å². The maximum atomic E-state index is 11.7. The van der Waals surface area contributed by atoms with Gasteiger partial charge in [-0.3, -0.25) is 4.79 Å². The minimum Gasteiger partial charge on any atom is -0.494 e. The lowest BCUT2D eigenvalue weighted by molar-refractivity contribution is -0.121. The molecule has 1 unspecified atom stereocenters. The minimum atomic E-state index is 0. The highest BCUT2D eigenvalue weighted by Crippen LogP contribution is 2.13. The lowest BCUT2D eigenvalue weighted by atomic mass is 10.2. The summed E-state index contributed by atoms with van der Waals surface area (Å²) in [5, 5.41) is 6.34. The maximum Gasteiger partial charge on any atom is 0.220 e. The number of rotatable bonds is 7. The zero-order chi connectivity index (χ0) is 14.2. The molecule has 1 amide bonds. The number of ether oxygens (including phenoxy) is 1. The van der Waals surface area contributed by atoms with Crippen molar-refractivity contribution in [3.8, 4) is 5.75 Å². The Bertz CT molecular complexity index is 422. The molecule has 0 spiro atoms. The van der Waals surface area contributed by atoms with Crippen LogP contribution in [0.1, 0.15) is 25.7 Å². The van der Waals surface area contributed by atoms with Gasteiger partial charge in [0, 0.05) is 22.6 Å². The largest absolute Gasteiger partial charge is 0.494 e. The predicted octanol–water partition coefficient (Wildman–Crippen LogP) is 2.74. The Morgan fingerprint density at radius 2 is 2.14 bits per heavy atom. The van der Waals surface area contributed by atoms with Crippen LogP contribution in [0.2, 0.25) is 0 Å². The summed E-state index contributed by atoms with van der Waals surface area (Å²) >= 11 is 2.26. The van der Waals surface area contributed by atoms with E-state index >= 15 is 0 Å². The number of halogens is 2. The van der Waals surface area contributed by atoms with Gasteiger partial charge in [-0.15, -0.1) is 12.4 Å². The fourth-order valence-corrected chi connectivity index (χ4v) is 2.57. The maximum absolute atomic E-state index is 11.7. The molecule has 0 bridgehead atoms. The van der Waals surface area contributed by atoms with Crippen molar-refractivity contribution in [3.05, 3.63) is 27.8 Å². The highest BCUT2D eigenvalue weighted by Gasteiger charge is 2.14. The Morgan fingerprint density at radius 3 is 2.81 bits per heavy atom. The molecule has 1 heterocycles. The lowest BCUT2D eigenvalue weighted by Gasteiger charge is -2.11. The Morgan fingerprint density at radius 1 is 1.38 bits per heavy atom. The summed E-state index contributed by atoms with van der Waals surface area (Å²) < 4.78 is 6.78. The number of benzene rings is 1. The molecule has 21 heavy (non-hydrogen) atoms. The fourth-order valence-electron chi connectivity index (χ4n) is 2.21. The van der Waals surface area contributed by atoms with E-state index in [-0.39, 0.29) is 18.3 Å². The van der Waals surface area contributed by atoms with Crippen molar-refractivity contribution in [3.63, 3.8) is 0 Å². The number of hydrogen-bond acceptors (Lipinski definition) is 3. The standard InChI is InChI=1S/C15H21IN2O2.ClH/c16-12-5-7-14(8-6-12)20-10-2-4-15(19)18-11-13-3-1-9-17-13;/h5-8,13,17H,1-4,9-11H2,(H,18,19);1H. The van der Waals surface area contributed by atoms with E-state index < -0.39 is 0 Å². The average molecular weight is 425 g/mol. The Kier molecular flexibility index (Phi) is 9.03. The summed E-state index contributed by atoms with van der Waals surface area (Å²) in [5.41, 5.74) is 0. The van der Waals surface area contributed by atoms with Gasteiger partial charge in [-0.2, -0.15) is 0 Å². The second-order valence-electron chi connectivity index (χ2n) is 5.00. The van der Waals surface area contributed by atoms with E-state index in [1.807, 2.05) is 24.3 Å². The molecular formula is C15H22ClIN2O2. The van der Waals surface area contributed by atoms with Crippen LogP contribution in [-0.2, 0) is 4.79 Å². The molecule has 0 aliphatic carbocycles. The third kappa shape index (κ3) is 7.33. The van der Waals surface area contributed by atoms with Gasteiger partial charge in [0.1, 0.15) is 5.75 Å². The van der Waals surface area contributed by atoms with Crippen LogP contribution in [0.15, 0.2) is 24.3 Å². The number of carbonyl (C=O) groups is 1. The molecule has 2 N–H and O–H groups in total. The zero-order valence-electron chi connectivity index (χ0n) is 11.9. The van der Waals surface area contributed by atoms with Crippen LogP contribution in [0.25, 0.3) is 0 Å². The normalized spacial score (nSPS) is 17.1. The van der Waals surface area contributed by atoms with Gasteiger partial charge in [-0.05, 0) is 72.7 Å². The van der Waals surface area contributed by atoms with Crippen molar-refractivity contribution in [2.45, 2.75) is 31.7 Å². The predicted molar refractivity (Wildman–Crippen MR) is 95.2 cm³/mol. The SMILES string of the molecule is Cl.O=C(CCCOc1ccc(I)cc1)NCC1CCCN1. The van der Waals surface area contributed by atoms with E-state index in [4.69, 9.17) is 4.74 Å². The van der Waals surface area contributed by atoms with Crippen molar-refractivity contribution in [2.24, 2.45) is 0 Å². The first-order valence-electron chi connectivity index (χ1n) is 7.12. The van der Waals surface area contributed by atoms with Crippen LogP contribution in [0.3, 0.4) is 0 Å². The quantitative estimate of drug-likeness (QED) is 0.523. The van der Waals surface area contributed by atoms with Gasteiger partial charge in [0.15, 0.2) is 0 Å². The molecule has 1 aromatic carbocycles. The molecule has 2 rings (SSSR count). The van der Waals surface area contributed by atoms with Crippen molar-refractivity contribution < 1.29 is 9.53 Å². The molecule has 4 nitrogen and oxygen atoms in total. The van der Waals surface area contributed by atoms with Gasteiger partial charge in [0.25, 0.3) is 0 Å². The van der Waals surface area contributed by atoms with Crippen LogP contribution >= 0.6 is 35.0 Å². The van der Waals surface area contributed by atoms with Gasteiger partial charge in [0.2, 0.25) is 5.91 Å². The van der Waals surface area contributed by atoms with Gasteiger partial charge in [0.05, 0.1) is 6.61 Å². The Hall–Kier alpha value is -0.530. The molecule has 0 aromatic heterocycles. The van der Waals surface area contributed by atoms with Crippen LogP contribution in [-0.4, -0.2) is 31.6 Å². The Labute approximate surface area is 145 Å². The van der Waals surface area contributed by atoms with Crippen molar-refractivity contribution in [1.82, 2.24) is 10.6 Å². The summed E-state index contributed by atoms with van der Waals surface area (Å²) in [6.45, 7) is 2.40. The molecule has 6 heteroatoms. The summed E-state index contributed by atoms with van der Waals surface area (Å²) in [5.74, 6) is 0.978. The molecular weight excluding hydrogens is 403 g/mol. The molecule has 1 aromatic rings. The first-order chi connectivity index (χ1) is 9.74. The van der Waals surface area contributed by atoms with Crippen molar-refractivity contribution >= 4 is 40.9 Å². The van der Waals surface area contributed by atoms with E-state index in [0.717, 1.165) is 31.7 Å². The molecule has 1 saturated heterocycles. The molecule has 1 aliphatic heterocycles. The van der Waals surface area contributed by atoms with Gasteiger partial charge in [-0.25, -0.2) is 0 Å².